The van der Waals surface area contributed by atoms with Gasteiger partial charge in [-0.25, -0.2) is 24.9 Å². The molecule has 0 spiro atoms. The first-order valence-corrected chi connectivity index (χ1v) is 9.84. The van der Waals surface area contributed by atoms with Crippen LogP contribution in [0.1, 0.15) is 16.7 Å². The molecule has 148 valence electrons. The minimum Gasteiger partial charge on any atom is -0.338 e. The maximum absolute atomic E-state index is 5.94. The highest BCUT2D eigenvalue weighted by Gasteiger charge is 2.09. The summed E-state index contributed by atoms with van der Waals surface area (Å²) in [5.41, 5.74) is 7.97. The van der Waals surface area contributed by atoms with Crippen LogP contribution in [-0.4, -0.2) is 29.5 Å². The third-order valence-corrected chi connectivity index (χ3v) is 5.32. The van der Waals surface area contributed by atoms with Gasteiger partial charge in [-0.1, -0.05) is 12.1 Å². The maximum Gasteiger partial charge on any atom is 0.223 e. The first kappa shape index (κ1) is 18.4. The maximum atomic E-state index is 5.94. The van der Waals surface area contributed by atoms with Crippen molar-refractivity contribution in [3.8, 4) is 0 Å². The van der Waals surface area contributed by atoms with Gasteiger partial charge in [0.15, 0.2) is 5.82 Å². The van der Waals surface area contributed by atoms with E-state index in [4.69, 9.17) is 11.6 Å². The number of nitrogens with one attached hydrogen (secondary N) is 1. The number of halogens is 1. The Morgan fingerprint density at radius 2 is 1.90 bits per heavy atom. The van der Waals surface area contributed by atoms with Crippen LogP contribution in [0.2, 0.25) is 5.28 Å². The second-order valence-corrected chi connectivity index (χ2v) is 7.55. The van der Waals surface area contributed by atoms with E-state index in [1.807, 2.05) is 24.0 Å². The van der Waals surface area contributed by atoms with Gasteiger partial charge in [0.2, 0.25) is 5.28 Å². The van der Waals surface area contributed by atoms with Gasteiger partial charge in [0.05, 0.1) is 23.6 Å². The summed E-state index contributed by atoms with van der Waals surface area (Å²) in [6, 6.07) is 12.7. The molecule has 0 aliphatic rings. The molecule has 0 atom stereocenters. The molecule has 30 heavy (non-hydrogen) atoms. The molecule has 0 bridgehead atoms. The van der Waals surface area contributed by atoms with E-state index in [9.17, 15) is 0 Å². The van der Waals surface area contributed by atoms with Crippen LogP contribution < -0.4 is 5.32 Å². The zero-order chi connectivity index (χ0) is 20.7. The Kier molecular flexibility index (Phi) is 4.52. The van der Waals surface area contributed by atoms with Gasteiger partial charge in [-0.2, -0.15) is 0 Å². The fourth-order valence-corrected chi connectivity index (χ4v) is 3.68. The highest BCUT2D eigenvalue weighted by Crippen LogP contribution is 2.25. The first-order chi connectivity index (χ1) is 14.6. The van der Waals surface area contributed by atoms with Crippen molar-refractivity contribution in [2.45, 2.75) is 13.3 Å². The standard InChI is InChI=1S/C22H18ClN7/c1-13-7-16(28-21-20-18(25-11-26-21)10-24-22(23)29-20)5-4-15(13)8-14-3-6-19-17(9-14)27-12-30(19)2/h3-7,9-12H,8H2,1-2H3,(H,25,26,28). The van der Waals surface area contributed by atoms with Crippen LogP contribution in [0.15, 0.2) is 55.2 Å². The van der Waals surface area contributed by atoms with Crippen LogP contribution in [-0.2, 0) is 13.5 Å². The summed E-state index contributed by atoms with van der Waals surface area (Å²) >= 11 is 5.94. The van der Waals surface area contributed by atoms with Crippen LogP contribution in [0.5, 0.6) is 0 Å². The Labute approximate surface area is 177 Å². The Bertz CT molecular complexity index is 1390. The lowest BCUT2D eigenvalue weighted by Crippen LogP contribution is -2.00. The second-order valence-electron chi connectivity index (χ2n) is 7.22. The zero-order valence-electron chi connectivity index (χ0n) is 16.5. The number of aromatic nitrogens is 6. The van der Waals surface area contributed by atoms with Gasteiger partial charge >= 0.3 is 0 Å². The molecule has 0 amide bonds. The Balaban J connectivity index is 1.41. The average Bonchev–Trinajstić information content (AvgIpc) is 3.11. The van der Waals surface area contributed by atoms with Gasteiger partial charge in [0, 0.05) is 12.7 Å². The molecule has 5 rings (SSSR count). The molecule has 5 aromatic rings. The molecule has 1 N–H and O–H groups in total. The second kappa shape index (κ2) is 7.35. The SMILES string of the molecule is Cc1cc(Nc2ncnc3cnc(Cl)nc23)ccc1Cc1ccc2c(c1)ncn2C. The lowest BCUT2D eigenvalue weighted by molar-refractivity contribution is 0.947. The summed E-state index contributed by atoms with van der Waals surface area (Å²) in [5, 5.41) is 3.48. The van der Waals surface area contributed by atoms with Crippen LogP contribution in [0, 0.1) is 6.92 Å². The third kappa shape index (κ3) is 3.44. The normalized spacial score (nSPS) is 11.3. The number of imidazole rings is 1. The molecule has 0 radical (unpaired) electrons. The minimum atomic E-state index is 0.164. The number of hydrogen-bond acceptors (Lipinski definition) is 6. The van der Waals surface area contributed by atoms with Crippen molar-refractivity contribution < 1.29 is 0 Å². The van der Waals surface area contributed by atoms with Crippen LogP contribution in [0.4, 0.5) is 11.5 Å². The largest absolute Gasteiger partial charge is 0.338 e. The van der Waals surface area contributed by atoms with Gasteiger partial charge < -0.3 is 9.88 Å². The van der Waals surface area contributed by atoms with E-state index in [-0.39, 0.29) is 5.28 Å². The third-order valence-electron chi connectivity index (χ3n) is 5.14. The number of rotatable bonds is 4. The Hall–Kier alpha value is -3.58. The predicted molar refractivity (Wildman–Crippen MR) is 118 cm³/mol. The minimum absolute atomic E-state index is 0.164. The van der Waals surface area contributed by atoms with E-state index >= 15 is 0 Å². The zero-order valence-corrected chi connectivity index (χ0v) is 17.2. The molecule has 8 heteroatoms. The molecule has 7 nitrogen and oxygen atoms in total. The average molecular weight is 416 g/mol. The van der Waals surface area contributed by atoms with Crippen LogP contribution >= 0.6 is 11.6 Å². The summed E-state index contributed by atoms with van der Waals surface area (Å²) in [7, 11) is 2.01. The molecule has 0 unspecified atom stereocenters. The molecule has 0 aliphatic carbocycles. The van der Waals surface area contributed by atoms with Crippen molar-refractivity contribution in [2.75, 3.05) is 5.32 Å². The van der Waals surface area contributed by atoms with Crippen molar-refractivity contribution in [2.24, 2.45) is 7.05 Å². The summed E-state index contributed by atoms with van der Waals surface area (Å²) in [4.78, 5) is 21.2. The van der Waals surface area contributed by atoms with Crippen LogP contribution in [0.3, 0.4) is 0 Å². The van der Waals surface area contributed by atoms with E-state index in [1.54, 1.807) is 6.20 Å². The fraction of sp³-hybridized carbons (Fsp3) is 0.136. The summed E-state index contributed by atoms with van der Waals surface area (Å²) < 4.78 is 2.03. The number of hydrogen-bond donors (Lipinski definition) is 1. The van der Waals surface area contributed by atoms with E-state index in [1.165, 1.54) is 23.0 Å². The lowest BCUT2D eigenvalue weighted by Gasteiger charge is -2.11. The Morgan fingerprint density at radius 3 is 2.77 bits per heavy atom. The molecular weight excluding hydrogens is 398 g/mol. The predicted octanol–water partition coefficient (Wildman–Crippen LogP) is 4.60. The Morgan fingerprint density at radius 1 is 1.00 bits per heavy atom. The monoisotopic (exact) mass is 415 g/mol. The van der Waals surface area contributed by atoms with Crippen LogP contribution in [0.25, 0.3) is 22.1 Å². The molecule has 0 saturated carbocycles. The molecule has 0 aliphatic heterocycles. The number of aryl methyl sites for hydroxylation is 2. The number of benzene rings is 2. The van der Waals surface area contributed by atoms with Gasteiger partial charge in [0.1, 0.15) is 17.4 Å². The number of fused-ring (bicyclic) bond motifs is 2. The summed E-state index contributed by atoms with van der Waals surface area (Å²) in [5.74, 6) is 0.594. The van der Waals surface area contributed by atoms with Gasteiger partial charge in [-0.05, 0) is 65.9 Å². The van der Waals surface area contributed by atoms with Crippen molar-refractivity contribution in [3.05, 3.63) is 77.2 Å². The molecular formula is C22H18ClN7. The number of anilines is 2. The van der Waals surface area contributed by atoms with E-state index < -0.39 is 0 Å². The van der Waals surface area contributed by atoms with Crippen molar-refractivity contribution in [1.82, 2.24) is 29.5 Å². The van der Waals surface area contributed by atoms with Gasteiger partial charge in [0.25, 0.3) is 0 Å². The van der Waals surface area contributed by atoms with E-state index in [2.05, 4.69) is 67.5 Å². The van der Waals surface area contributed by atoms with Crippen molar-refractivity contribution >= 4 is 45.2 Å². The summed E-state index contributed by atoms with van der Waals surface area (Å²) in [6.07, 6.45) is 5.76. The lowest BCUT2D eigenvalue weighted by atomic mass is 9.99. The molecule has 2 aromatic carbocycles. The van der Waals surface area contributed by atoms with Crippen molar-refractivity contribution in [1.29, 1.82) is 0 Å². The fourth-order valence-electron chi connectivity index (χ4n) is 3.54. The number of nitrogens with zero attached hydrogens (tertiary/aromatic N) is 6. The smallest absolute Gasteiger partial charge is 0.223 e. The highest BCUT2D eigenvalue weighted by molar-refractivity contribution is 6.28. The highest BCUT2D eigenvalue weighted by atomic mass is 35.5. The van der Waals surface area contributed by atoms with E-state index in [0.29, 0.717) is 16.9 Å². The summed E-state index contributed by atoms with van der Waals surface area (Å²) in [6.45, 7) is 2.11. The quantitative estimate of drug-likeness (QED) is 0.432. The molecule has 3 heterocycles. The molecule has 0 saturated heterocycles. The van der Waals surface area contributed by atoms with Gasteiger partial charge in [-0.3, -0.25) is 0 Å². The first-order valence-electron chi connectivity index (χ1n) is 9.46. The topological polar surface area (TPSA) is 81.4 Å². The molecule has 0 fully saturated rings. The van der Waals surface area contributed by atoms with Crippen molar-refractivity contribution in [3.63, 3.8) is 0 Å². The van der Waals surface area contributed by atoms with Gasteiger partial charge in [-0.15, -0.1) is 0 Å². The van der Waals surface area contributed by atoms with E-state index in [0.717, 1.165) is 23.1 Å². The molecule has 3 aromatic heterocycles.